The van der Waals surface area contributed by atoms with E-state index in [-0.39, 0.29) is 6.10 Å². The molecule has 0 heterocycles. The van der Waals surface area contributed by atoms with Crippen LogP contribution < -0.4 is 10.1 Å². The molecule has 0 aliphatic rings. The number of halogens is 1. The number of aliphatic hydroxyl groups excluding tert-OH is 1. The number of ether oxygens (including phenoxy) is 1. The van der Waals surface area contributed by atoms with Gasteiger partial charge in [-0.15, -0.1) is 0 Å². The minimum absolute atomic E-state index is 0.386. The first-order valence-electron chi connectivity index (χ1n) is 5.38. The summed E-state index contributed by atoms with van der Waals surface area (Å²) in [7, 11) is 1.64. The molecule has 90 valence electrons. The predicted octanol–water partition coefficient (Wildman–Crippen LogP) is 1.97. The van der Waals surface area contributed by atoms with Crippen molar-refractivity contribution in [1.82, 2.24) is 5.32 Å². The van der Waals surface area contributed by atoms with Gasteiger partial charge >= 0.3 is 0 Å². The van der Waals surface area contributed by atoms with E-state index in [4.69, 9.17) is 4.74 Å². The highest BCUT2D eigenvalue weighted by Gasteiger charge is 2.09. The molecule has 0 bridgehead atoms. The molecule has 0 fully saturated rings. The Kier molecular flexibility index (Phi) is 5.80. The van der Waals surface area contributed by atoms with Crippen molar-refractivity contribution in [2.75, 3.05) is 20.2 Å². The lowest BCUT2D eigenvalue weighted by molar-refractivity contribution is 0.171. The number of hydrogen-bond acceptors (Lipinski definition) is 3. The second-order valence-electron chi connectivity index (χ2n) is 3.62. The summed E-state index contributed by atoms with van der Waals surface area (Å²) < 4.78 is 6.25. The number of hydrogen-bond donors (Lipinski definition) is 2. The number of benzene rings is 1. The normalized spacial score (nSPS) is 12.5. The van der Waals surface area contributed by atoms with Gasteiger partial charge in [0.2, 0.25) is 0 Å². The Morgan fingerprint density at radius 1 is 1.50 bits per heavy atom. The van der Waals surface area contributed by atoms with Crippen LogP contribution in [0.5, 0.6) is 5.75 Å². The number of likely N-dealkylation sites (N-methyl/N-ethyl adjacent to an activating group) is 1. The zero-order valence-electron chi connectivity index (χ0n) is 9.66. The molecule has 0 aromatic heterocycles. The van der Waals surface area contributed by atoms with Gasteiger partial charge < -0.3 is 15.2 Å². The third-order valence-electron chi connectivity index (χ3n) is 2.33. The highest BCUT2D eigenvalue weighted by molar-refractivity contribution is 9.10. The van der Waals surface area contributed by atoms with Crippen molar-refractivity contribution in [2.45, 2.75) is 19.4 Å². The lowest BCUT2D eigenvalue weighted by atomic mass is 10.1. The molecule has 0 saturated carbocycles. The van der Waals surface area contributed by atoms with Crippen LogP contribution in [-0.2, 0) is 6.42 Å². The Hall–Kier alpha value is -0.580. The van der Waals surface area contributed by atoms with Crippen LogP contribution in [0.3, 0.4) is 0 Å². The maximum atomic E-state index is 9.81. The van der Waals surface area contributed by atoms with Crippen molar-refractivity contribution < 1.29 is 9.84 Å². The molecule has 0 saturated heterocycles. The largest absolute Gasteiger partial charge is 0.496 e. The molecule has 0 spiro atoms. The fraction of sp³-hybridized carbons (Fsp3) is 0.500. The van der Waals surface area contributed by atoms with Gasteiger partial charge in [0.25, 0.3) is 0 Å². The summed E-state index contributed by atoms with van der Waals surface area (Å²) in [5, 5.41) is 12.9. The van der Waals surface area contributed by atoms with Gasteiger partial charge in [-0.1, -0.05) is 22.9 Å². The van der Waals surface area contributed by atoms with Gasteiger partial charge in [0, 0.05) is 17.4 Å². The quantitative estimate of drug-likeness (QED) is 0.841. The highest BCUT2D eigenvalue weighted by atomic mass is 79.9. The third-order valence-corrected chi connectivity index (χ3v) is 2.82. The topological polar surface area (TPSA) is 41.5 Å². The number of rotatable bonds is 6. The van der Waals surface area contributed by atoms with Crippen LogP contribution in [0, 0.1) is 0 Å². The SMILES string of the molecule is CCNCC(O)Cc1cc(Br)ccc1OC. The van der Waals surface area contributed by atoms with Gasteiger partial charge in [-0.05, 0) is 30.3 Å². The Labute approximate surface area is 105 Å². The summed E-state index contributed by atoms with van der Waals surface area (Å²) in [6.45, 7) is 3.49. The minimum atomic E-state index is -0.386. The van der Waals surface area contributed by atoms with Crippen molar-refractivity contribution in [1.29, 1.82) is 0 Å². The van der Waals surface area contributed by atoms with E-state index < -0.39 is 0 Å². The Bertz CT molecular complexity index is 331. The summed E-state index contributed by atoms with van der Waals surface area (Å²) >= 11 is 3.42. The molecular weight excluding hydrogens is 270 g/mol. The Balaban J connectivity index is 2.67. The first kappa shape index (κ1) is 13.5. The summed E-state index contributed by atoms with van der Waals surface area (Å²) in [6, 6.07) is 5.81. The molecule has 0 amide bonds. The van der Waals surface area contributed by atoms with Crippen LogP contribution in [0.4, 0.5) is 0 Å². The molecular formula is C12H18BrNO2. The van der Waals surface area contributed by atoms with Crippen LogP contribution in [0.15, 0.2) is 22.7 Å². The van der Waals surface area contributed by atoms with Crippen LogP contribution >= 0.6 is 15.9 Å². The first-order chi connectivity index (χ1) is 7.67. The zero-order valence-corrected chi connectivity index (χ0v) is 11.3. The first-order valence-corrected chi connectivity index (χ1v) is 6.17. The van der Waals surface area contributed by atoms with Gasteiger partial charge in [0.05, 0.1) is 13.2 Å². The molecule has 1 unspecified atom stereocenters. The molecule has 16 heavy (non-hydrogen) atoms. The van der Waals surface area contributed by atoms with Gasteiger partial charge in [-0.2, -0.15) is 0 Å². The number of nitrogens with one attached hydrogen (secondary N) is 1. The molecule has 1 rings (SSSR count). The van der Waals surface area contributed by atoms with E-state index in [1.54, 1.807) is 7.11 Å². The second-order valence-corrected chi connectivity index (χ2v) is 4.54. The van der Waals surface area contributed by atoms with Crippen molar-refractivity contribution >= 4 is 15.9 Å². The van der Waals surface area contributed by atoms with Gasteiger partial charge in [0.15, 0.2) is 0 Å². The monoisotopic (exact) mass is 287 g/mol. The lowest BCUT2D eigenvalue weighted by Gasteiger charge is -2.14. The molecule has 0 aliphatic heterocycles. The van der Waals surface area contributed by atoms with Crippen molar-refractivity contribution in [2.24, 2.45) is 0 Å². The summed E-state index contributed by atoms with van der Waals surface area (Å²) in [6.07, 6.45) is 0.207. The van der Waals surface area contributed by atoms with E-state index in [0.29, 0.717) is 13.0 Å². The molecule has 0 aliphatic carbocycles. The lowest BCUT2D eigenvalue weighted by Crippen LogP contribution is -2.28. The molecule has 1 aromatic rings. The van der Waals surface area contributed by atoms with E-state index in [1.165, 1.54) is 0 Å². The maximum Gasteiger partial charge on any atom is 0.122 e. The molecule has 0 radical (unpaired) electrons. The van der Waals surface area contributed by atoms with E-state index >= 15 is 0 Å². The average molecular weight is 288 g/mol. The average Bonchev–Trinajstić information content (AvgIpc) is 2.27. The van der Waals surface area contributed by atoms with E-state index in [1.807, 2.05) is 25.1 Å². The van der Waals surface area contributed by atoms with Gasteiger partial charge in [-0.3, -0.25) is 0 Å². The Morgan fingerprint density at radius 3 is 2.88 bits per heavy atom. The van der Waals surface area contributed by atoms with E-state index in [2.05, 4.69) is 21.2 Å². The molecule has 1 aromatic carbocycles. The summed E-state index contributed by atoms with van der Waals surface area (Å²) in [5.41, 5.74) is 1.02. The minimum Gasteiger partial charge on any atom is -0.496 e. The second kappa shape index (κ2) is 6.89. The van der Waals surface area contributed by atoms with E-state index in [9.17, 15) is 5.11 Å². The smallest absolute Gasteiger partial charge is 0.122 e. The molecule has 4 heteroatoms. The summed E-state index contributed by atoms with van der Waals surface area (Å²) in [4.78, 5) is 0. The van der Waals surface area contributed by atoms with Crippen LogP contribution in [0.2, 0.25) is 0 Å². The number of aliphatic hydroxyl groups is 1. The van der Waals surface area contributed by atoms with Crippen LogP contribution in [0.1, 0.15) is 12.5 Å². The fourth-order valence-corrected chi connectivity index (χ4v) is 1.95. The third kappa shape index (κ3) is 4.12. The van der Waals surface area contributed by atoms with Crippen molar-refractivity contribution in [3.63, 3.8) is 0 Å². The van der Waals surface area contributed by atoms with Crippen molar-refractivity contribution in [3.05, 3.63) is 28.2 Å². The standard InChI is InChI=1S/C12H18BrNO2/c1-3-14-8-11(15)7-9-6-10(13)4-5-12(9)16-2/h4-6,11,14-15H,3,7-8H2,1-2H3. The van der Waals surface area contributed by atoms with Crippen LogP contribution in [-0.4, -0.2) is 31.4 Å². The molecule has 1 atom stereocenters. The fourth-order valence-electron chi connectivity index (χ4n) is 1.54. The Morgan fingerprint density at radius 2 is 2.25 bits per heavy atom. The summed E-state index contributed by atoms with van der Waals surface area (Å²) in [5.74, 6) is 0.818. The predicted molar refractivity (Wildman–Crippen MR) is 68.9 cm³/mol. The highest BCUT2D eigenvalue weighted by Crippen LogP contribution is 2.24. The zero-order chi connectivity index (χ0) is 12.0. The van der Waals surface area contributed by atoms with Crippen LogP contribution in [0.25, 0.3) is 0 Å². The van der Waals surface area contributed by atoms with E-state index in [0.717, 1.165) is 22.3 Å². The van der Waals surface area contributed by atoms with Crippen molar-refractivity contribution in [3.8, 4) is 5.75 Å². The van der Waals surface area contributed by atoms with Gasteiger partial charge in [-0.25, -0.2) is 0 Å². The number of methoxy groups -OCH3 is 1. The maximum absolute atomic E-state index is 9.81. The van der Waals surface area contributed by atoms with Gasteiger partial charge in [0.1, 0.15) is 5.75 Å². The molecule has 3 nitrogen and oxygen atoms in total. The molecule has 2 N–H and O–H groups in total.